The second-order valence-electron chi connectivity index (χ2n) is 3.67. The number of carbonyl (C=O) groups is 2. The summed E-state index contributed by atoms with van der Waals surface area (Å²) in [5.74, 6) is -1.26. The summed E-state index contributed by atoms with van der Waals surface area (Å²) in [6.45, 7) is 1.73. The van der Waals surface area contributed by atoms with Crippen LogP contribution in [0.3, 0.4) is 0 Å². The summed E-state index contributed by atoms with van der Waals surface area (Å²) in [4.78, 5) is 22.4. The topological polar surface area (TPSA) is 66.4 Å². The Labute approximate surface area is 114 Å². The van der Waals surface area contributed by atoms with Gasteiger partial charge in [0, 0.05) is 3.57 Å². The van der Waals surface area contributed by atoms with Crippen LogP contribution in [-0.2, 0) is 16.0 Å². The molecule has 0 radical (unpaired) electrons. The first kappa shape index (κ1) is 14.0. The fourth-order valence-corrected chi connectivity index (χ4v) is 2.02. The molecule has 4 nitrogen and oxygen atoms in total. The Morgan fingerprint density at radius 2 is 2.18 bits per heavy atom. The Hall–Kier alpha value is -1.11. The van der Waals surface area contributed by atoms with Crippen molar-refractivity contribution in [2.24, 2.45) is 0 Å². The van der Waals surface area contributed by atoms with Crippen molar-refractivity contribution in [3.05, 3.63) is 33.4 Å². The largest absolute Gasteiger partial charge is 0.480 e. The lowest BCUT2D eigenvalue weighted by atomic mass is 10.1. The van der Waals surface area contributed by atoms with Crippen LogP contribution in [0.25, 0.3) is 0 Å². The van der Waals surface area contributed by atoms with E-state index in [1.165, 1.54) is 0 Å². The minimum Gasteiger partial charge on any atom is -0.480 e. The molecule has 17 heavy (non-hydrogen) atoms. The molecule has 0 saturated heterocycles. The van der Waals surface area contributed by atoms with Gasteiger partial charge in [-0.2, -0.15) is 0 Å². The lowest BCUT2D eigenvalue weighted by Crippen LogP contribution is -2.40. The minimum atomic E-state index is -0.997. The van der Waals surface area contributed by atoms with Gasteiger partial charge in [0.2, 0.25) is 5.91 Å². The first-order chi connectivity index (χ1) is 8.02. The highest BCUT2D eigenvalue weighted by molar-refractivity contribution is 14.1. The molecule has 1 rings (SSSR count). The third-order valence-corrected chi connectivity index (χ3v) is 2.97. The van der Waals surface area contributed by atoms with E-state index < -0.39 is 12.0 Å². The lowest BCUT2D eigenvalue weighted by Gasteiger charge is -2.12. The number of rotatable bonds is 5. The molecule has 1 atom stereocenters. The van der Waals surface area contributed by atoms with Gasteiger partial charge in [-0.25, -0.2) is 4.79 Å². The molecule has 0 heterocycles. The Morgan fingerprint density at radius 3 is 2.71 bits per heavy atom. The van der Waals surface area contributed by atoms with E-state index in [9.17, 15) is 9.59 Å². The van der Waals surface area contributed by atoms with Crippen molar-refractivity contribution in [2.75, 3.05) is 0 Å². The molecule has 0 bridgehead atoms. The van der Waals surface area contributed by atoms with E-state index in [1.54, 1.807) is 6.92 Å². The normalized spacial score (nSPS) is 11.9. The van der Waals surface area contributed by atoms with E-state index >= 15 is 0 Å². The number of benzene rings is 1. The number of carboxylic acid groups (broad SMARTS) is 1. The van der Waals surface area contributed by atoms with E-state index in [4.69, 9.17) is 5.11 Å². The fraction of sp³-hybridized carbons (Fsp3) is 0.333. The minimum absolute atomic E-state index is 0.209. The van der Waals surface area contributed by atoms with Gasteiger partial charge in [-0.1, -0.05) is 19.1 Å². The standard InChI is InChI=1S/C12H14INO3/c1-2-10(12(16)17)14-11(15)7-8-4-3-5-9(13)6-8/h3-6,10H,2,7H2,1H3,(H,14,15)(H,16,17). The summed E-state index contributed by atoms with van der Waals surface area (Å²) >= 11 is 2.17. The van der Waals surface area contributed by atoms with E-state index in [-0.39, 0.29) is 12.3 Å². The predicted molar refractivity (Wildman–Crippen MR) is 72.7 cm³/mol. The molecule has 1 unspecified atom stereocenters. The Bertz CT molecular complexity index is 420. The van der Waals surface area contributed by atoms with E-state index in [1.807, 2.05) is 24.3 Å². The first-order valence-electron chi connectivity index (χ1n) is 5.29. The molecular formula is C12H14INO3. The average molecular weight is 347 g/mol. The zero-order chi connectivity index (χ0) is 12.8. The highest BCUT2D eigenvalue weighted by Gasteiger charge is 2.17. The van der Waals surface area contributed by atoms with Crippen molar-refractivity contribution in [1.29, 1.82) is 0 Å². The van der Waals surface area contributed by atoms with Crippen LogP contribution < -0.4 is 5.32 Å². The maximum absolute atomic E-state index is 11.6. The quantitative estimate of drug-likeness (QED) is 0.799. The zero-order valence-corrected chi connectivity index (χ0v) is 11.6. The number of carboxylic acids is 1. The number of aliphatic carboxylic acids is 1. The number of hydrogen-bond donors (Lipinski definition) is 2. The highest BCUT2D eigenvalue weighted by atomic mass is 127. The molecule has 92 valence electrons. The molecule has 0 saturated carbocycles. The Balaban J connectivity index is 2.58. The van der Waals surface area contributed by atoms with Gasteiger partial charge in [0.05, 0.1) is 6.42 Å². The van der Waals surface area contributed by atoms with Crippen LogP contribution in [-0.4, -0.2) is 23.0 Å². The average Bonchev–Trinajstić information content (AvgIpc) is 2.25. The smallest absolute Gasteiger partial charge is 0.326 e. The van der Waals surface area contributed by atoms with Crippen LogP contribution in [0.4, 0.5) is 0 Å². The molecule has 0 aliphatic rings. The molecule has 1 amide bonds. The number of halogens is 1. The van der Waals surface area contributed by atoms with Crippen LogP contribution in [0.5, 0.6) is 0 Å². The fourth-order valence-electron chi connectivity index (χ4n) is 1.42. The molecule has 5 heteroatoms. The van der Waals surface area contributed by atoms with Crippen molar-refractivity contribution >= 4 is 34.5 Å². The van der Waals surface area contributed by atoms with E-state index in [0.29, 0.717) is 6.42 Å². The number of hydrogen-bond acceptors (Lipinski definition) is 2. The van der Waals surface area contributed by atoms with Crippen LogP contribution in [0.1, 0.15) is 18.9 Å². The van der Waals surface area contributed by atoms with Gasteiger partial charge in [-0.15, -0.1) is 0 Å². The summed E-state index contributed by atoms with van der Waals surface area (Å²) in [7, 11) is 0. The Kier molecular flexibility index (Phi) is 5.40. The van der Waals surface area contributed by atoms with Crippen molar-refractivity contribution in [3.63, 3.8) is 0 Å². The molecule has 0 aliphatic heterocycles. The van der Waals surface area contributed by atoms with Gasteiger partial charge in [0.15, 0.2) is 0 Å². The van der Waals surface area contributed by atoms with Gasteiger partial charge >= 0.3 is 5.97 Å². The second kappa shape index (κ2) is 6.58. The zero-order valence-electron chi connectivity index (χ0n) is 9.44. The molecule has 0 aromatic heterocycles. The van der Waals surface area contributed by atoms with Gasteiger partial charge in [-0.05, 0) is 46.7 Å². The molecule has 1 aromatic rings. The number of nitrogens with one attached hydrogen (secondary N) is 1. The summed E-state index contributed by atoms with van der Waals surface area (Å²) in [6, 6.07) is 6.77. The summed E-state index contributed by atoms with van der Waals surface area (Å²) < 4.78 is 1.05. The van der Waals surface area contributed by atoms with Gasteiger partial charge in [-0.3, -0.25) is 4.79 Å². The van der Waals surface area contributed by atoms with Crippen LogP contribution in [0.15, 0.2) is 24.3 Å². The van der Waals surface area contributed by atoms with Gasteiger partial charge < -0.3 is 10.4 Å². The van der Waals surface area contributed by atoms with Crippen LogP contribution >= 0.6 is 22.6 Å². The van der Waals surface area contributed by atoms with Crippen molar-refractivity contribution in [2.45, 2.75) is 25.8 Å². The number of amides is 1. The van der Waals surface area contributed by atoms with E-state index in [2.05, 4.69) is 27.9 Å². The summed E-state index contributed by atoms with van der Waals surface area (Å²) in [6.07, 6.45) is 0.591. The Morgan fingerprint density at radius 1 is 1.47 bits per heavy atom. The monoisotopic (exact) mass is 347 g/mol. The van der Waals surface area contributed by atoms with Crippen LogP contribution in [0.2, 0.25) is 0 Å². The molecule has 0 fully saturated rings. The maximum atomic E-state index is 11.6. The molecular weight excluding hydrogens is 333 g/mol. The molecule has 0 aliphatic carbocycles. The lowest BCUT2D eigenvalue weighted by molar-refractivity contribution is -0.141. The van der Waals surface area contributed by atoms with Crippen molar-refractivity contribution in [1.82, 2.24) is 5.32 Å². The van der Waals surface area contributed by atoms with Gasteiger partial charge in [0.1, 0.15) is 6.04 Å². The van der Waals surface area contributed by atoms with Crippen molar-refractivity contribution < 1.29 is 14.7 Å². The van der Waals surface area contributed by atoms with E-state index in [0.717, 1.165) is 9.13 Å². The molecule has 0 spiro atoms. The molecule has 2 N–H and O–H groups in total. The molecule has 1 aromatic carbocycles. The maximum Gasteiger partial charge on any atom is 0.326 e. The second-order valence-corrected chi connectivity index (χ2v) is 4.92. The third kappa shape index (κ3) is 4.72. The summed E-state index contributed by atoms with van der Waals surface area (Å²) in [5, 5.41) is 11.3. The van der Waals surface area contributed by atoms with Crippen molar-refractivity contribution in [3.8, 4) is 0 Å². The number of carbonyl (C=O) groups excluding carboxylic acids is 1. The summed E-state index contributed by atoms with van der Waals surface area (Å²) in [5.41, 5.74) is 0.884. The highest BCUT2D eigenvalue weighted by Crippen LogP contribution is 2.08. The van der Waals surface area contributed by atoms with Crippen LogP contribution in [0, 0.1) is 3.57 Å². The SMILES string of the molecule is CCC(NC(=O)Cc1cccc(I)c1)C(=O)O. The third-order valence-electron chi connectivity index (χ3n) is 2.30. The predicted octanol–water partition coefficient (Wildman–Crippen LogP) is 1.81. The first-order valence-corrected chi connectivity index (χ1v) is 6.37. The van der Waals surface area contributed by atoms with Gasteiger partial charge in [0.25, 0.3) is 0 Å².